The number of halogens is 3. The zero-order chi connectivity index (χ0) is 28.0. The van der Waals surface area contributed by atoms with Gasteiger partial charge in [-0.2, -0.15) is 13.2 Å². The summed E-state index contributed by atoms with van der Waals surface area (Å²) in [5.41, 5.74) is 0. The lowest BCUT2D eigenvalue weighted by Gasteiger charge is -2.09. The van der Waals surface area contributed by atoms with Crippen LogP contribution in [0.4, 0.5) is 13.2 Å². The second kappa shape index (κ2) is 29.5. The van der Waals surface area contributed by atoms with Gasteiger partial charge >= 0.3 is 6.18 Å². The highest BCUT2D eigenvalue weighted by molar-refractivity contribution is 8.13. The van der Waals surface area contributed by atoms with Crippen LogP contribution in [0.1, 0.15) is 58.3 Å². The third-order valence-corrected chi connectivity index (χ3v) is 5.89. The van der Waals surface area contributed by atoms with Gasteiger partial charge in [0.25, 0.3) is 0 Å². The largest absolute Gasteiger partial charge is 0.411 e. The van der Waals surface area contributed by atoms with Crippen LogP contribution in [0.15, 0.2) is 0 Å². The fraction of sp³-hybridized carbons (Fsp3) is 0.962. The second-order valence-electron chi connectivity index (χ2n) is 8.51. The zero-order valence-electron chi connectivity index (χ0n) is 23.1. The zero-order valence-corrected chi connectivity index (χ0v) is 23.9. The molecule has 38 heavy (non-hydrogen) atoms. The predicted molar refractivity (Wildman–Crippen MR) is 142 cm³/mol. The van der Waals surface area contributed by atoms with E-state index in [4.69, 9.17) is 28.4 Å². The summed E-state index contributed by atoms with van der Waals surface area (Å²) in [7, 11) is 0. The van der Waals surface area contributed by atoms with Crippen LogP contribution in [0.2, 0.25) is 0 Å². The topological polar surface area (TPSA) is 81.7 Å². The predicted octanol–water partition coefficient (Wildman–Crippen LogP) is 5.07. The van der Waals surface area contributed by atoms with Gasteiger partial charge in [0.2, 0.25) is 0 Å². The van der Waals surface area contributed by atoms with E-state index >= 15 is 0 Å². The van der Waals surface area contributed by atoms with E-state index in [1.807, 2.05) is 0 Å². The lowest BCUT2D eigenvalue weighted by atomic mass is 10.1. The summed E-state index contributed by atoms with van der Waals surface area (Å²) in [5, 5.41) is 0.216. The quantitative estimate of drug-likeness (QED) is 0.109. The third-order valence-electron chi connectivity index (χ3n) is 4.99. The van der Waals surface area contributed by atoms with Gasteiger partial charge < -0.3 is 33.2 Å². The van der Waals surface area contributed by atoms with Crippen molar-refractivity contribution in [3.8, 4) is 0 Å². The standard InChI is InChI=1S/C26H49F3O8S/c1-25(30)38-23-9-7-5-3-2-4-6-8-10-31-11-12-32-13-14-33-15-16-34-17-18-35-19-20-36-21-22-37-24-26(27,28)29/h2-24H2,1H3. The molecular weight excluding hydrogens is 529 g/mol. The molecule has 0 aliphatic rings. The van der Waals surface area contributed by atoms with E-state index in [0.717, 1.165) is 25.2 Å². The molecule has 0 saturated heterocycles. The summed E-state index contributed by atoms with van der Waals surface area (Å²) in [5.74, 6) is 0.957. The molecule has 12 heteroatoms. The lowest BCUT2D eigenvalue weighted by Crippen LogP contribution is -2.19. The molecule has 0 aliphatic carbocycles. The Hall–Kier alpha value is -0.470. The number of hydrogen-bond donors (Lipinski definition) is 0. The smallest absolute Gasteiger partial charge is 0.379 e. The number of thioether (sulfide) groups is 1. The van der Waals surface area contributed by atoms with E-state index in [2.05, 4.69) is 4.74 Å². The Balaban J connectivity index is 3.05. The van der Waals surface area contributed by atoms with E-state index in [9.17, 15) is 18.0 Å². The van der Waals surface area contributed by atoms with Crippen LogP contribution < -0.4 is 0 Å². The van der Waals surface area contributed by atoms with Crippen molar-refractivity contribution < 1.29 is 51.1 Å². The van der Waals surface area contributed by atoms with Crippen LogP contribution >= 0.6 is 11.8 Å². The number of carbonyl (C=O) groups excluding carboxylic acids is 1. The summed E-state index contributed by atoms with van der Waals surface area (Å²) in [4.78, 5) is 10.8. The summed E-state index contributed by atoms with van der Waals surface area (Å²) in [6.45, 7) is 5.68. The van der Waals surface area contributed by atoms with Crippen molar-refractivity contribution in [3.63, 3.8) is 0 Å². The molecular formula is C26H49F3O8S. The van der Waals surface area contributed by atoms with Crippen molar-refractivity contribution in [2.75, 3.05) is 98.2 Å². The van der Waals surface area contributed by atoms with Gasteiger partial charge in [0, 0.05) is 19.3 Å². The van der Waals surface area contributed by atoms with E-state index < -0.39 is 12.8 Å². The van der Waals surface area contributed by atoms with Crippen LogP contribution in [0, 0.1) is 0 Å². The Bertz CT molecular complexity index is 502. The number of hydrogen-bond acceptors (Lipinski definition) is 9. The van der Waals surface area contributed by atoms with Gasteiger partial charge in [-0.05, 0) is 12.8 Å². The first-order valence-electron chi connectivity index (χ1n) is 13.7. The maximum atomic E-state index is 11.9. The van der Waals surface area contributed by atoms with Crippen molar-refractivity contribution in [2.45, 2.75) is 64.5 Å². The van der Waals surface area contributed by atoms with Gasteiger partial charge in [0.15, 0.2) is 5.12 Å². The molecule has 228 valence electrons. The molecule has 0 bridgehead atoms. The Morgan fingerprint density at radius 3 is 1.18 bits per heavy atom. The average Bonchev–Trinajstić information content (AvgIpc) is 2.86. The van der Waals surface area contributed by atoms with Crippen molar-refractivity contribution in [1.82, 2.24) is 0 Å². The molecule has 0 aromatic heterocycles. The van der Waals surface area contributed by atoms with Gasteiger partial charge in [-0.1, -0.05) is 50.3 Å². The highest BCUT2D eigenvalue weighted by atomic mass is 32.2. The van der Waals surface area contributed by atoms with Gasteiger partial charge in [-0.15, -0.1) is 0 Å². The monoisotopic (exact) mass is 578 g/mol. The Morgan fingerprint density at radius 1 is 0.500 bits per heavy atom. The Morgan fingerprint density at radius 2 is 0.816 bits per heavy atom. The van der Waals surface area contributed by atoms with Crippen molar-refractivity contribution in [2.24, 2.45) is 0 Å². The minimum Gasteiger partial charge on any atom is -0.379 e. The van der Waals surface area contributed by atoms with E-state index in [-0.39, 0.29) is 24.9 Å². The first-order valence-corrected chi connectivity index (χ1v) is 14.6. The van der Waals surface area contributed by atoms with Crippen LogP contribution in [0.5, 0.6) is 0 Å². The first-order chi connectivity index (χ1) is 18.4. The molecule has 8 nitrogen and oxygen atoms in total. The van der Waals surface area contributed by atoms with E-state index in [1.54, 1.807) is 6.92 Å². The molecule has 0 rings (SSSR count). The Labute approximate surface area is 230 Å². The molecule has 0 saturated carbocycles. The van der Waals surface area contributed by atoms with Crippen LogP contribution in [0.25, 0.3) is 0 Å². The molecule has 0 amide bonds. The van der Waals surface area contributed by atoms with Gasteiger partial charge in [0.1, 0.15) is 6.61 Å². The highest BCUT2D eigenvalue weighted by Crippen LogP contribution is 2.14. The summed E-state index contributed by atoms with van der Waals surface area (Å²) in [6, 6.07) is 0. The summed E-state index contributed by atoms with van der Waals surface area (Å²) in [6.07, 6.45) is 5.39. The second-order valence-corrected chi connectivity index (χ2v) is 9.78. The molecule has 0 radical (unpaired) electrons. The maximum Gasteiger partial charge on any atom is 0.411 e. The fourth-order valence-corrected chi connectivity index (χ4v) is 3.73. The molecule has 0 aromatic carbocycles. The third kappa shape index (κ3) is 35.5. The van der Waals surface area contributed by atoms with Gasteiger partial charge in [-0.3, -0.25) is 4.79 Å². The fourth-order valence-electron chi connectivity index (χ4n) is 3.09. The van der Waals surface area contributed by atoms with Crippen molar-refractivity contribution >= 4 is 16.9 Å². The van der Waals surface area contributed by atoms with E-state index in [1.165, 1.54) is 50.3 Å². The average molecular weight is 579 g/mol. The Kier molecular flexibility index (Phi) is 29.1. The maximum absolute atomic E-state index is 11.9. The molecule has 0 fully saturated rings. The summed E-state index contributed by atoms with van der Waals surface area (Å²) < 4.78 is 72.2. The lowest BCUT2D eigenvalue weighted by molar-refractivity contribution is -0.176. The van der Waals surface area contributed by atoms with Gasteiger partial charge in [-0.25, -0.2) is 0 Å². The highest BCUT2D eigenvalue weighted by Gasteiger charge is 2.27. The number of unbranched alkanes of at least 4 members (excludes halogenated alkanes) is 7. The molecule has 0 atom stereocenters. The molecule has 0 unspecified atom stereocenters. The molecule has 0 heterocycles. The minimum absolute atomic E-state index is 0.0939. The minimum atomic E-state index is -4.31. The molecule has 0 aliphatic heterocycles. The number of alkyl halides is 3. The van der Waals surface area contributed by atoms with Gasteiger partial charge in [0.05, 0.1) is 79.3 Å². The number of rotatable bonds is 30. The normalized spacial score (nSPS) is 11.9. The summed E-state index contributed by atoms with van der Waals surface area (Å²) >= 11 is 1.43. The van der Waals surface area contributed by atoms with E-state index in [0.29, 0.717) is 59.5 Å². The van der Waals surface area contributed by atoms with Crippen LogP contribution in [0.3, 0.4) is 0 Å². The molecule has 0 N–H and O–H groups in total. The molecule has 0 aromatic rings. The van der Waals surface area contributed by atoms with Crippen LogP contribution in [-0.4, -0.2) is 110 Å². The molecule has 0 spiro atoms. The number of ether oxygens (including phenoxy) is 7. The van der Waals surface area contributed by atoms with Crippen LogP contribution in [-0.2, 0) is 38.0 Å². The van der Waals surface area contributed by atoms with Crippen molar-refractivity contribution in [1.29, 1.82) is 0 Å². The van der Waals surface area contributed by atoms with Crippen molar-refractivity contribution in [3.05, 3.63) is 0 Å². The SMILES string of the molecule is CC(=O)SCCCCCCCCCCOCCOCCOCCOCCOCCOCCOCC(F)(F)F. The number of carbonyl (C=O) groups is 1. The first kappa shape index (κ1) is 37.5.